The van der Waals surface area contributed by atoms with Crippen molar-refractivity contribution in [2.24, 2.45) is 5.92 Å². The molecule has 1 rings (SSSR count). The molecule has 0 aromatic rings. The maximum atomic E-state index is 5.55. The van der Waals surface area contributed by atoms with Crippen molar-refractivity contribution in [2.75, 3.05) is 46.6 Å². The molecular weight excluding hydrogens is 252 g/mol. The summed E-state index contributed by atoms with van der Waals surface area (Å²) in [6, 6.07) is 1.22. The number of hydrogen-bond acceptors (Lipinski definition) is 4. The molecule has 1 aliphatic carbocycles. The van der Waals surface area contributed by atoms with E-state index in [0.29, 0.717) is 12.1 Å². The van der Waals surface area contributed by atoms with Gasteiger partial charge in [-0.1, -0.05) is 6.92 Å². The van der Waals surface area contributed by atoms with Gasteiger partial charge in [0.05, 0.1) is 13.2 Å². The number of likely N-dealkylation sites (N-methyl/N-ethyl adjacent to an activating group) is 1. The molecule has 4 heteroatoms. The van der Waals surface area contributed by atoms with Crippen molar-refractivity contribution in [3.63, 3.8) is 0 Å². The van der Waals surface area contributed by atoms with Gasteiger partial charge in [-0.25, -0.2) is 0 Å². The van der Waals surface area contributed by atoms with E-state index in [1.54, 1.807) is 0 Å². The predicted octanol–water partition coefficient (Wildman–Crippen LogP) is 2.14. The second kappa shape index (κ2) is 10.6. The smallest absolute Gasteiger partial charge is 0.0593 e. The van der Waals surface area contributed by atoms with Gasteiger partial charge in [0.25, 0.3) is 0 Å². The summed E-state index contributed by atoms with van der Waals surface area (Å²) < 4.78 is 11.1. The topological polar surface area (TPSA) is 33.7 Å². The lowest BCUT2D eigenvalue weighted by Crippen LogP contribution is -2.53. The standard InChI is InChI=1S/C16H34N2O2/c1-5-19-11-9-18(10-12-20-6-2)16-13-14(3)7-8-15(16)17-4/h14-17H,5-13H2,1-4H3. The maximum absolute atomic E-state index is 5.55. The Labute approximate surface area is 125 Å². The summed E-state index contributed by atoms with van der Waals surface area (Å²) in [5.41, 5.74) is 0. The van der Waals surface area contributed by atoms with Gasteiger partial charge in [0.2, 0.25) is 0 Å². The van der Waals surface area contributed by atoms with E-state index in [1.807, 2.05) is 0 Å². The average Bonchev–Trinajstić information content (AvgIpc) is 2.46. The zero-order valence-electron chi connectivity index (χ0n) is 13.9. The number of hydrogen-bond donors (Lipinski definition) is 1. The second-order valence-electron chi connectivity index (χ2n) is 5.81. The van der Waals surface area contributed by atoms with Crippen molar-refractivity contribution in [2.45, 2.75) is 52.1 Å². The van der Waals surface area contributed by atoms with E-state index in [0.717, 1.165) is 45.4 Å². The van der Waals surface area contributed by atoms with Crippen molar-refractivity contribution < 1.29 is 9.47 Å². The van der Waals surface area contributed by atoms with Crippen LogP contribution in [0.5, 0.6) is 0 Å². The van der Waals surface area contributed by atoms with E-state index < -0.39 is 0 Å². The monoisotopic (exact) mass is 286 g/mol. The first kappa shape index (κ1) is 17.9. The third-order valence-electron chi connectivity index (χ3n) is 4.37. The van der Waals surface area contributed by atoms with Crippen LogP contribution >= 0.6 is 0 Å². The summed E-state index contributed by atoms with van der Waals surface area (Å²) >= 11 is 0. The Kier molecular flexibility index (Phi) is 9.44. The SMILES string of the molecule is CCOCCN(CCOCC)C1CC(C)CCC1NC. The molecule has 3 unspecified atom stereocenters. The fraction of sp³-hybridized carbons (Fsp3) is 1.00. The highest BCUT2D eigenvalue weighted by molar-refractivity contribution is 4.89. The normalized spacial score (nSPS) is 27.1. The molecule has 0 aromatic carbocycles. The lowest BCUT2D eigenvalue weighted by molar-refractivity contribution is 0.0357. The average molecular weight is 286 g/mol. The lowest BCUT2D eigenvalue weighted by Gasteiger charge is -2.42. The van der Waals surface area contributed by atoms with Crippen LogP contribution in [0.2, 0.25) is 0 Å². The van der Waals surface area contributed by atoms with Crippen molar-refractivity contribution in [1.82, 2.24) is 10.2 Å². The van der Waals surface area contributed by atoms with E-state index in [-0.39, 0.29) is 0 Å². The number of rotatable bonds is 10. The molecule has 1 N–H and O–H groups in total. The van der Waals surface area contributed by atoms with Crippen molar-refractivity contribution in [1.29, 1.82) is 0 Å². The number of nitrogens with zero attached hydrogens (tertiary/aromatic N) is 1. The first-order chi connectivity index (χ1) is 9.72. The molecule has 0 saturated heterocycles. The van der Waals surface area contributed by atoms with Crippen LogP contribution in [0.4, 0.5) is 0 Å². The van der Waals surface area contributed by atoms with E-state index in [1.165, 1.54) is 19.3 Å². The molecule has 0 radical (unpaired) electrons. The minimum atomic E-state index is 0.606. The summed E-state index contributed by atoms with van der Waals surface area (Å²) in [7, 11) is 2.09. The molecule has 1 aliphatic rings. The fourth-order valence-corrected chi connectivity index (χ4v) is 3.19. The molecular formula is C16H34N2O2. The largest absolute Gasteiger partial charge is 0.380 e. The Hall–Kier alpha value is -0.160. The van der Waals surface area contributed by atoms with E-state index in [2.05, 4.69) is 38.0 Å². The van der Waals surface area contributed by atoms with Crippen molar-refractivity contribution >= 4 is 0 Å². The first-order valence-corrected chi connectivity index (χ1v) is 8.29. The highest BCUT2D eigenvalue weighted by Crippen LogP contribution is 2.27. The quantitative estimate of drug-likeness (QED) is 0.624. The Morgan fingerprint density at radius 2 is 1.65 bits per heavy atom. The van der Waals surface area contributed by atoms with Crippen molar-refractivity contribution in [3.05, 3.63) is 0 Å². The molecule has 4 nitrogen and oxygen atoms in total. The van der Waals surface area contributed by atoms with Crippen LogP contribution in [0.3, 0.4) is 0 Å². The number of nitrogens with one attached hydrogen (secondary N) is 1. The molecule has 1 fully saturated rings. The van der Waals surface area contributed by atoms with Crippen LogP contribution in [-0.2, 0) is 9.47 Å². The van der Waals surface area contributed by atoms with Gasteiger partial charge in [-0.05, 0) is 46.1 Å². The summed E-state index contributed by atoms with van der Waals surface area (Å²) in [5.74, 6) is 0.825. The minimum Gasteiger partial charge on any atom is -0.380 e. The third kappa shape index (κ3) is 6.08. The molecule has 120 valence electrons. The Morgan fingerprint density at radius 1 is 1.05 bits per heavy atom. The fourth-order valence-electron chi connectivity index (χ4n) is 3.19. The van der Waals surface area contributed by atoms with Gasteiger partial charge in [-0.2, -0.15) is 0 Å². The zero-order chi connectivity index (χ0) is 14.8. The van der Waals surface area contributed by atoms with E-state index >= 15 is 0 Å². The van der Waals surface area contributed by atoms with Gasteiger partial charge < -0.3 is 14.8 Å². The molecule has 3 atom stereocenters. The molecule has 0 aromatic heterocycles. The van der Waals surface area contributed by atoms with Gasteiger partial charge in [0.15, 0.2) is 0 Å². The van der Waals surface area contributed by atoms with Crippen LogP contribution in [0.25, 0.3) is 0 Å². The van der Waals surface area contributed by atoms with Crippen LogP contribution in [-0.4, -0.2) is 63.5 Å². The molecule has 20 heavy (non-hydrogen) atoms. The van der Waals surface area contributed by atoms with Crippen molar-refractivity contribution in [3.8, 4) is 0 Å². The second-order valence-corrected chi connectivity index (χ2v) is 5.81. The summed E-state index contributed by atoms with van der Waals surface area (Å²) in [4.78, 5) is 2.57. The van der Waals surface area contributed by atoms with Crippen LogP contribution < -0.4 is 5.32 Å². The highest BCUT2D eigenvalue weighted by atomic mass is 16.5. The lowest BCUT2D eigenvalue weighted by atomic mass is 9.82. The Balaban J connectivity index is 2.56. The van der Waals surface area contributed by atoms with Gasteiger partial charge in [0, 0.05) is 38.4 Å². The molecule has 0 spiro atoms. The van der Waals surface area contributed by atoms with Crippen LogP contribution in [0, 0.1) is 5.92 Å². The maximum Gasteiger partial charge on any atom is 0.0593 e. The highest BCUT2D eigenvalue weighted by Gasteiger charge is 2.31. The van der Waals surface area contributed by atoms with E-state index in [4.69, 9.17) is 9.47 Å². The van der Waals surface area contributed by atoms with Crippen LogP contribution in [0.15, 0.2) is 0 Å². The van der Waals surface area contributed by atoms with Gasteiger partial charge in [-0.15, -0.1) is 0 Å². The summed E-state index contributed by atoms with van der Waals surface area (Å²) in [5, 5.41) is 3.51. The Bertz CT molecular complexity index is 229. The number of ether oxygens (including phenoxy) is 2. The minimum absolute atomic E-state index is 0.606. The van der Waals surface area contributed by atoms with Gasteiger partial charge >= 0.3 is 0 Å². The molecule has 0 aliphatic heterocycles. The van der Waals surface area contributed by atoms with Gasteiger partial charge in [-0.3, -0.25) is 4.90 Å². The zero-order valence-corrected chi connectivity index (χ0v) is 13.9. The Morgan fingerprint density at radius 3 is 2.15 bits per heavy atom. The third-order valence-corrected chi connectivity index (χ3v) is 4.37. The summed E-state index contributed by atoms with van der Waals surface area (Å²) in [6.07, 6.45) is 3.90. The molecule has 0 bridgehead atoms. The first-order valence-electron chi connectivity index (χ1n) is 8.29. The van der Waals surface area contributed by atoms with Crippen LogP contribution in [0.1, 0.15) is 40.0 Å². The molecule has 0 heterocycles. The van der Waals surface area contributed by atoms with E-state index in [9.17, 15) is 0 Å². The predicted molar refractivity (Wildman–Crippen MR) is 84.2 cm³/mol. The van der Waals surface area contributed by atoms with Gasteiger partial charge in [0.1, 0.15) is 0 Å². The molecule has 1 saturated carbocycles. The molecule has 0 amide bonds. The summed E-state index contributed by atoms with van der Waals surface area (Å²) in [6.45, 7) is 11.8.